The molecule has 1 aliphatic rings. The maximum atomic E-state index is 14.1. The van der Waals surface area contributed by atoms with Gasteiger partial charge in [-0.3, -0.25) is 4.79 Å². The summed E-state index contributed by atoms with van der Waals surface area (Å²) >= 11 is 0. The van der Waals surface area contributed by atoms with E-state index in [0.29, 0.717) is 0 Å². The molecule has 148 valence electrons. The third kappa shape index (κ3) is 3.79. The topological polar surface area (TPSA) is 52.6 Å². The van der Waals surface area contributed by atoms with Gasteiger partial charge < -0.3 is 9.47 Å². The molecule has 2 atom stereocenters. The Bertz CT molecular complexity index is 818. The fraction of sp³-hybridized carbons (Fsp3) is 0.412. The van der Waals surface area contributed by atoms with Crippen LogP contribution in [0.3, 0.4) is 0 Å². The van der Waals surface area contributed by atoms with Crippen LogP contribution in [0.2, 0.25) is 0 Å². The monoisotopic (exact) mass is 396 g/mol. The number of methoxy groups -OCH3 is 1. The normalized spacial score (nSPS) is 21.6. The van der Waals surface area contributed by atoms with Crippen LogP contribution in [0.5, 0.6) is 0 Å². The smallest absolute Gasteiger partial charge is 0.431 e. The van der Waals surface area contributed by atoms with Crippen molar-refractivity contribution in [1.82, 2.24) is 0 Å². The minimum atomic E-state index is -4.59. The van der Waals surface area contributed by atoms with E-state index in [4.69, 9.17) is 0 Å². The third-order valence-corrected chi connectivity index (χ3v) is 4.45. The highest BCUT2D eigenvalue weighted by Crippen LogP contribution is 2.60. The van der Waals surface area contributed by atoms with Crippen LogP contribution in [-0.2, 0) is 25.2 Å². The molecule has 1 aromatic carbocycles. The van der Waals surface area contributed by atoms with E-state index in [0.717, 1.165) is 13.2 Å². The zero-order valence-electron chi connectivity index (χ0n) is 14.3. The molecule has 0 amide bonds. The summed E-state index contributed by atoms with van der Waals surface area (Å²) in [4.78, 5) is 23.1. The van der Waals surface area contributed by atoms with Crippen LogP contribution in [0.25, 0.3) is 0 Å². The van der Waals surface area contributed by atoms with Gasteiger partial charge in [-0.1, -0.05) is 13.8 Å². The van der Waals surface area contributed by atoms with Gasteiger partial charge in [0.1, 0.15) is 5.56 Å². The highest BCUT2D eigenvalue weighted by Gasteiger charge is 2.63. The van der Waals surface area contributed by atoms with Crippen molar-refractivity contribution >= 4 is 11.9 Å². The van der Waals surface area contributed by atoms with Crippen molar-refractivity contribution in [3.63, 3.8) is 0 Å². The summed E-state index contributed by atoms with van der Waals surface area (Å²) < 4.78 is 89.4. The van der Waals surface area contributed by atoms with E-state index >= 15 is 0 Å². The van der Waals surface area contributed by atoms with E-state index < -0.39 is 64.1 Å². The van der Waals surface area contributed by atoms with Gasteiger partial charge in [0.2, 0.25) is 5.83 Å². The van der Waals surface area contributed by atoms with E-state index in [-0.39, 0.29) is 12.1 Å². The van der Waals surface area contributed by atoms with E-state index in [9.17, 15) is 35.9 Å². The highest BCUT2D eigenvalue weighted by atomic mass is 19.3. The molecule has 1 fully saturated rings. The Hall–Kier alpha value is -2.52. The van der Waals surface area contributed by atoms with E-state index in [1.165, 1.54) is 13.8 Å². The lowest BCUT2D eigenvalue weighted by molar-refractivity contribution is -0.243. The molecule has 0 N–H and O–H groups in total. The number of carbonyl (C=O) groups excluding carboxylic acids is 2. The molecule has 0 spiro atoms. The van der Waals surface area contributed by atoms with Gasteiger partial charge in [-0.2, -0.15) is 13.2 Å². The maximum absolute atomic E-state index is 14.1. The number of ether oxygens (including phenoxy) is 2. The van der Waals surface area contributed by atoms with Gasteiger partial charge in [0.25, 0.3) is 0 Å². The van der Waals surface area contributed by atoms with E-state index in [1.807, 2.05) is 0 Å². The molecule has 0 heterocycles. The Labute approximate surface area is 149 Å². The fourth-order valence-corrected chi connectivity index (χ4v) is 2.76. The van der Waals surface area contributed by atoms with Gasteiger partial charge in [-0.05, 0) is 29.5 Å². The summed E-state index contributed by atoms with van der Waals surface area (Å²) in [5.41, 5.74) is -2.70. The second kappa shape index (κ2) is 6.90. The number of halogens is 6. The minimum Gasteiger partial charge on any atom is -0.464 e. The summed E-state index contributed by atoms with van der Waals surface area (Å²) in [5.74, 6) is -12.4. The first-order chi connectivity index (χ1) is 12.3. The van der Waals surface area contributed by atoms with Gasteiger partial charge in [0.15, 0.2) is 17.5 Å². The summed E-state index contributed by atoms with van der Waals surface area (Å²) in [6.45, 7) is 2.86. The summed E-state index contributed by atoms with van der Waals surface area (Å²) in [5, 5.41) is 0. The molecule has 0 bridgehead atoms. The van der Waals surface area contributed by atoms with Gasteiger partial charge in [-0.25, -0.2) is 18.0 Å². The summed E-state index contributed by atoms with van der Waals surface area (Å²) in [6.07, 6.45) is -3.85. The Kier molecular flexibility index (Phi) is 5.31. The number of alkyl halides is 2. The van der Waals surface area contributed by atoms with Crippen LogP contribution in [-0.4, -0.2) is 19.0 Å². The highest BCUT2D eigenvalue weighted by molar-refractivity contribution is 5.86. The van der Waals surface area contributed by atoms with Gasteiger partial charge in [0.05, 0.1) is 13.0 Å². The fourth-order valence-electron chi connectivity index (χ4n) is 2.76. The Morgan fingerprint density at radius 1 is 1.15 bits per heavy atom. The minimum absolute atomic E-state index is 0.243. The van der Waals surface area contributed by atoms with Crippen LogP contribution in [0.15, 0.2) is 24.0 Å². The average Bonchev–Trinajstić information content (AvgIpc) is 3.11. The second-order valence-corrected chi connectivity index (χ2v) is 6.49. The first-order valence-corrected chi connectivity index (χ1v) is 7.54. The molecule has 0 unspecified atom stereocenters. The molecule has 10 heteroatoms. The molecule has 0 aromatic heterocycles. The van der Waals surface area contributed by atoms with Crippen molar-refractivity contribution in [2.75, 3.05) is 7.11 Å². The molecule has 2 rings (SSSR count). The zero-order chi connectivity index (χ0) is 20.7. The SMILES string of the molecule is COC(=O)C(F)=C[C@H]1[C@@H](C(=O)OC(F)(F)c2ccc(F)c(F)c2F)C1(C)C. The van der Waals surface area contributed by atoms with Crippen molar-refractivity contribution < 1.29 is 45.4 Å². The lowest BCUT2D eigenvalue weighted by Gasteiger charge is -2.18. The van der Waals surface area contributed by atoms with Gasteiger partial charge in [0, 0.05) is 0 Å². The molecule has 1 aromatic rings. The molecule has 0 saturated heterocycles. The van der Waals surface area contributed by atoms with Crippen LogP contribution in [0, 0.1) is 34.7 Å². The Morgan fingerprint density at radius 3 is 2.30 bits per heavy atom. The largest absolute Gasteiger partial charge is 0.464 e. The zero-order valence-corrected chi connectivity index (χ0v) is 14.3. The van der Waals surface area contributed by atoms with Gasteiger partial charge >= 0.3 is 18.0 Å². The number of allylic oxidation sites excluding steroid dienone is 1. The van der Waals surface area contributed by atoms with Crippen molar-refractivity contribution in [3.05, 3.63) is 47.1 Å². The number of benzene rings is 1. The quantitative estimate of drug-likeness (QED) is 0.327. The molecule has 1 saturated carbocycles. The molecule has 27 heavy (non-hydrogen) atoms. The standard InChI is InChI=1S/C17H14F6O4/c1-16(2)8(6-10(19)14(24)26-3)11(16)15(25)27-17(22,23)7-4-5-9(18)13(21)12(7)20/h4-6,8,11H,1-3H3/t8-,11-/m0/s1. The van der Waals surface area contributed by atoms with Crippen LogP contribution in [0.4, 0.5) is 26.3 Å². The average molecular weight is 396 g/mol. The first kappa shape index (κ1) is 20.8. The number of rotatable bonds is 5. The molecule has 1 aliphatic carbocycles. The van der Waals surface area contributed by atoms with Crippen LogP contribution in [0.1, 0.15) is 19.4 Å². The lowest BCUT2D eigenvalue weighted by Crippen LogP contribution is -2.26. The van der Waals surface area contributed by atoms with E-state index in [2.05, 4.69) is 9.47 Å². The van der Waals surface area contributed by atoms with Crippen molar-refractivity contribution in [3.8, 4) is 0 Å². The first-order valence-electron chi connectivity index (χ1n) is 7.54. The summed E-state index contributed by atoms with van der Waals surface area (Å²) in [6, 6.07) is 0.501. The third-order valence-electron chi connectivity index (χ3n) is 4.45. The predicted molar refractivity (Wildman–Crippen MR) is 78.3 cm³/mol. The number of carbonyl (C=O) groups is 2. The summed E-state index contributed by atoms with van der Waals surface area (Å²) in [7, 11) is 0.927. The Balaban J connectivity index is 2.22. The van der Waals surface area contributed by atoms with Crippen molar-refractivity contribution in [2.45, 2.75) is 20.0 Å². The molecule has 0 aliphatic heterocycles. The second-order valence-electron chi connectivity index (χ2n) is 6.49. The van der Waals surface area contributed by atoms with E-state index in [1.54, 1.807) is 0 Å². The maximum Gasteiger partial charge on any atom is 0.431 e. The van der Waals surface area contributed by atoms with Crippen LogP contribution < -0.4 is 0 Å². The molecular weight excluding hydrogens is 382 g/mol. The van der Waals surface area contributed by atoms with Gasteiger partial charge in [-0.15, -0.1) is 0 Å². The molecular formula is C17H14F6O4. The van der Waals surface area contributed by atoms with Crippen molar-refractivity contribution in [2.24, 2.45) is 17.3 Å². The lowest BCUT2D eigenvalue weighted by atomic mass is 10.1. The molecule has 0 radical (unpaired) electrons. The van der Waals surface area contributed by atoms with Crippen LogP contribution >= 0.6 is 0 Å². The predicted octanol–water partition coefficient (Wildman–Crippen LogP) is 4.00. The number of hydrogen-bond acceptors (Lipinski definition) is 4. The molecule has 4 nitrogen and oxygen atoms in total. The number of hydrogen-bond donors (Lipinski definition) is 0. The number of esters is 2. The van der Waals surface area contributed by atoms with Crippen molar-refractivity contribution in [1.29, 1.82) is 0 Å². The Morgan fingerprint density at radius 2 is 1.74 bits per heavy atom.